The van der Waals surface area contributed by atoms with E-state index in [9.17, 15) is 18.0 Å². The van der Waals surface area contributed by atoms with Gasteiger partial charge in [-0.05, 0) is 12.1 Å². The van der Waals surface area contributed by atoms with Crippen LogP contribution in [0.25, 0.3) is 0 Å². The van der Waals surface area contributed by atoms with E-state index in [-0.39, 0.29) is 11.4 Å². The topological polar surface area (TPSA) is 64.1 Å². The maximum Gasteiger partial charge on any atom is 0.573 e. The molecule has 0 aliphatic heterocycles. The van der Waals surface area contributed by atoms with Gasteiger partial charge in [0.2, 0.25) is 0 Å². The molecule has 0 bridgehead atoms. The van der Waals surface area contributed by atoms with E-state index in [0.29, 0.717) is 0 Å². The number of nitrogens with one attached hydrogen (secondary N) is 1. The largest absolute Gasteiger partial charge is 0.573 e. The summed E-state index contributed by atoms with van der Waals surface area (Å²) in [6, 6.07) is 5.21. The summed E-state index contributed by atoms with van der Waals surface area (Å²) in [5.74, 6) is -1.19. The number of anilines is 1. The van der Waals surface area contributed by atoms with Crippen LogP contribution in [-0.4, -0.2) is 22.2 Å². The standard InChI is InChI=1S/C12H8F3N3O2/c13-12(14,15)20-10-4-2-1-3-8(10)18-11(19)9-7-16-5-6-17-9/h1-7H,(H,18,19). The molecule has 1 amide bonds. The van der Waals surface area contributed by atoms with Crippen molar-refractivity contribution in [2.45, 2.75) is 6.36 Å². The first-order chi connectivity index (χ1) is 9.46. The third-order valence-electron chi connectivity index (χ3n) is 2.16. The molecular formula is C12H8F3N3O2. The van der Waals surface area contributed by atoms with E-state index in [4.69, 9.17) is 0 Å². The van der Waals surface area contributed by atoms with Crippen LogP contribution in [0, 0.1) is 0 Å². The smallest absolute Gasteiger partial charge is 0.404 e. The monoisotopic (exact) mass is 283 g/mol. The zero-order chi connectivity index (χ0) is 14.6. The molecule has 0 saturated carbocycles. The fraction of sp³-hybridized carbons (Fsp3) is 0.0833. The summed E-state index contributed by atoms with van der Waals surface area (Å²) in [6.07, 6.45) is -0.972. The number of rotatable bonds is 3. The van der Waals surface area contributed by atoms with Gasteiger partial charge in [-0.2, -0.15) is 0 Å². The quantitative estimate of drug-likeness (QED) is 0.940. The SMILES string of the molecule is O=C(Nc1ccccc1OC(F)(F)F)c1cnccn1. The first kappa shape index (κ1) is 13.8. The number of hydrogen-bond acceptors (Lipinski definition) is 4. The van der Waals surface area contributed by atoms with Crippen molar-refractivity contribution in [3.05, 3.63) is 48.5 Å². The molecular weight excluding hydrogens is 275 g/mol. The van der Waals surface area contributed by atoms with Crippen LogP contribution in [0.5, 0.6) is 5.75 Å². The second-order valence-electron chi connectivity index (χ2n) is 3.59. The summed E-state index contributed by atoms with van der Waals surface area (Å²) < 4.78 is 40.5. The molecule has 0 unspecified atom stereocenters. The van der Waals surface area contributed by atoms with Crippen molar-refractivity contribution in [3.63, 3.8) is 0 Å². The molecule has 20 heavy (non-hydrogen) atoms. The highest BCUT2D eigenvalue weighted by molar-refractivity contribution is 6.03. The molecule has 0 aliphatic rings. The van der Waals surface area contributed by atoms with E-state index < -0.39 is 18.0 Å². The van der Waals surface area contributed by atoms with Gasteiger partial charge in [0.15, 0.2) is 5.75 Å². The Morgan fingerprint density at radius 3 is 2.60 bits per heavy atom. The van der Waals surface area contributed by atoms with Crippen molar-refractivity contribution in [2.75, 3.05) is 5.32 Å². The number of carbonyl (C=O) groups is 1. The average Bonchev–Trinajstić information content (AvgIpc) is 2.40. The number of hydrogen-bond donors (Lipinski definition) is 1. The Hall–Kier alpha value is -2.64. The second-order valence-corrected chi connectivity index (χ2v) is 3.59. The number of alkyl halides is 3. The Labute approximate surface area is 111 Å². The maximum absolute atomic E-state index is 12.2. The molecule has 0 radical (unpaired) electrons. The van der Waals surface area contributed by atoms with Gasteiger partial charge in [-0.1, -0.05) is 12.1 Å². The fourth-order valence-electron chi connectivity index (χ4n) is 1.39. The Morgan fingerprint density at radius 1 is 1.20 bits per heavy atom. The number of carbonyl (C=O) groups excluding carboxylic acids is 1. The van der Waals surface area contributed by atoms with Crippen LogP contribution in [0.2, 0.25) is 0 Å². The molecule has 104 valence electrons. The van der Waals surface area contributed by atoms with E-state index in [1.165, 1.54) is 36.8 Å². The number of benzene rings is 1. The molecule has 2 rings (SSSR count). The third kappa shape index (κ3) is 3.67. The summed E-state index contributed by atoms with van der Waals surface area (Å²) in [6.45, 7) is 0. The second kappa shape index (κ2) is 5.55. The minimum Gasteiger partial charge on any atom is -0.404 e. The van der Waals surface area contributed by atoms with E-state index in [1.54, 1.807) is 0 Å². The van der Waals surface area contributed by atoms with Crippen molar-refractivity contribution in [1.82, 2.24) is 9.97 Å². The fourth-order valence-corrected chi connectivity index (χ4v) is 1.39. The summed E-state index contributed by atoms with van der Waals surface area (Å²) in [5, 5.41) is 2.28. The Kier molecular flexibility index (Phi) is 3.83. The highest BCUT2D eigenvalue weighted by Gasteiger charge is 2.32. The maximum atomic E-state index is 12.2. The molecule has 5 nitrogen and oxygen atoms in total. The summed E-state index contributed by atoms with van der Waals surface area (Å²) in [7, 11) is 0. The van der Waals surface area contributed by atoms with Crippen LogP contribution in [0.15, 0.2) is 42.9 Å². The van der Waals surface area contributed by atoms with Gasteiger partial charge in [0, 0.05) is 12.4 Å². The van der Waals surface area contributed by atoms with Crippen LogP contribution < -0.4 is 10.1 Å². The van der Waals surface area contributed by atoms with Crippen molar-refractivity contribution in [2.24, 2.45) is 0 Å². The molecule has 0 spiro atoms. The Bertz CT molecular complexity index is 602. The lowest BCUT2D eigenvalue weighted by Gasteiger charge is -2.13. The van der Waals surface area contributed by atoms with Crippen LogP contribution >= 0.6 is 0 Å². The Morgan fingerprint density at radius 2 is 1.95 bits per heavy atom. The Balaban J connectivity index is 2.20. The number of nitrogens with zero attached hydrogens (tertiary/aromatic N) is 2. The van der Waals surface area contributed by atoms with Crippen LogP contribution in [0.4, 0.5) is 18.9 Å². The van der Waals surface area contributed by atoms with Gasteiger partial charge in [0.1, 0.15) is 5.69 Å². The van der Waals surface area contributed by atoms with E-state index >= 15 is 0 Å². The lowest BCUT2D eigenvalue weighted by atomic mass is 10.3. The van der Waals surface area contributed by atoms with Gasteiger partial charge < -0.3 is 10.1 Å². The van der Waals surface area contributed by atoms with Crippen molar-refractivity contribution >= 4 is 11.6 Å². The minimum atomic E-state index is -4.84. The van der Waals surface area contributed by atoms with Crippen molar-refractivity contribution in [1.29, 1.82) is 0 Å². The van der Waals surface area contributed by atoms with Gasteiger partial charge >= 0.3 is 6.36 Å². The molecule has 0 aliphatic carbocycles. The first-order valence-corrected chi connectivity index (χ1v) is 5.38. The molecule has 1 heterocycles. The van der Waals surface area contributed by atoms with E-state index in [0.717, 1.165) is 6.07 Å². The van der Waals surface area contributed by atoms with Crippen LogP contribution in [-0.2, 0) is 0 Å². The zero-order valence-electron chi connectivity index (χ0n) is 9.89. The molecule has 1 N–H and O–H groups in total. The summed E-state index contributed by atoms with van der Waals surface area (Å²) in [4.78, 5) is 19.2. The first-order valence-electron chi connectivity index (χ1n) is 5.38. The van der Waals surface area contributed by atoms with Gasteiger partial charge in [-0.15, -0.1) is 13.2 Å². The molecule has 0 saturated heterocycles. The number of aromatic nitrogens is 2. The molecule has 8 heteroatoms. The molecule has 0 atom stereocenters. The zero-order valence-corrected chi connectivity index (χ0v) is 9.89. The summed E-state index contributed by atoms with van der Waals surface area (Å²) >= 11 is 0. The number of ether oxygens (including phenoxy) is 1. The van der Waals surface area contributed by atoms with E-state index in [2.05, 4.69) is 20.0 Å². The van der Waals surface area contributed by atoms with E-state index in [1.807, 2.05) is 0 Å². The van der Waals surface area contributed by atoms with Gasteiger partial charge in [-0.25, -0.2) is 4.98 Å². The van der Waals surface area contributed by atoms with Gasteiger partial charge in [0.25, 0.3) is 5.91 Å². The number of para-hydroxylation sites is 2. The lowest BCUT2D eigenvalue weighted by Crippen LogP contribution is -2.20. The predicted molar refractivity (Wildman–Crippen MR) is 63.1 cm³/mol. The third-order valence-corrected chi connectivity index (χ3v) is 2.16. The van der Waals surface area contributed by atoms with Gasteiger partial charge in [0.05, 0.1) is 11.9 Å². The molecule has 1 aromatic heterocycles. The van der Waals surface area contributed by atoms with Crippen molar-refractivity contribution < 1.29 is 22.7 Å². The predicted octanol–water partition coefficient (Wildman–Crippen LogP) is 2.63. The van der Waals surface area contributed by atoms with Gasteiger partial charge in [-0.3, -0.25) is 9.78 Å². The lowest BCUT2D eigenvalue weighted by molar-refractivity contribution is -0.274. The average molecular weight is 283 g/mol. The highest BCUT2D eigenvalue weighted by Crippen LogP contribution is 2.30. The number of amides is 1. The molecule has 0 fully saturated rings. The summed E-state index contributed by atoms with van der Waals surface area (Å²) in [5.41, 5.74) is -0.130. The minimum absolute atomic E-state index is 0.0192. The highest BCUT2D eigenvalue weighted by atomic mass is 19.4. The van der Waals surface area contributed by atoms with Crippen LogP contribution in [0.3, 0.4) is 0 Å². The van der Waals surface area contributed by atoms with Crippen LogP contribution in [0.1, 0.15) is 10.5 Å². The molecule has 1 aromatic carbocycles. The normalized spacial score (nSPS) is 10.9. The van der Waals surface area contributed by atoms with Crippen molar-refractivity contribution in [3.8, 4) is 5.75 Å². The number of halogens is 3. The molecule has 2 aromatic rings.